The lowest BCUT2D eigenvalue weighted by Crippen LogP contribution is -2.33. The Morgan fingerprint density at radius 1 is 1.04 bits per heavy atom. The molecule has 142 valence electrons. The van der Waals surface area contributed by atoms with Crippen molar-refractivity contribution in [2.75, 3.05) is 7.11 Å². The minimum absolute atomic E-state index is 0.0420. The molecular formula is C23H38O2. The van der Waals surface area contributed by atoms with Gasteiger partial charge in [0.05, 0.1) is 0 Å². The number of hydrogen-bond acceptors (Lipinski definition) is 2. The van der Waals surface area contributed by atoms with Gasteiger partial charge in [0.15, 0.2) is 0 Å². The molecule has 0 aliphatic heterocycles. The van der Waals surface area contributed by atoms with Gasteiger partial charge < -0.3 is 9.47 Å². The number of hydrogen-bond donors (Lipinski definition) is 0. The summed E-state index contributed by atoms with van der Waals surface area (Å²) in [5.41, 5.74) is 1.69. The van der Waals surface area contributed by atoms with Crippen LogP contribution in [0.2, 0.25) is 0 Å². The zero-order valence-electron chi connectivity index (χ0n) is 17.6. The van der Waals surface area contributed by atoms with Crippen molar-refractivity contribution in [3.63, 3.8) is 0 Å². The largest absolute Gasteiger partial charge is 0.464 e. The zero-order chi connectivity index (χ0) is 19.5. The van der Waals surface area contributed by atoms with Crippen molar-refractivity contribution in [1.29, 1.82) is 0 Å². The first-order valence-corrected chi connectivity index (χ1v) is 9.05. The topological polar surface area (TPSA) is 18.5 Å². The Kier molecular flexibility index (Phi) is 10.5. The Bertz CT molecular complexity index is 498. The number of ether oxygens (including phenoxy) is 2. The Morgan fingerprint density at radius 2 is 1.60 bits per heavy atom. The minimum atomic E-state index is -0.233. The predicted octanol–water partition coefficient (Wildman–Crippen LogP) is 6.81. The van der Waals surface area contributed by atoms with E-state index in [0.717, 1.165) is 12.2 Å². The summed E-state index contributed by atoms with van der Waals surface area (Å²) in [5.74, 6) is 0.867. The number of aryl methyl sites for hydroxylation is 1. The summed E-state index contributed by atoms with van der Waals surface area (Å²) < 4.78 is 11.3. The first-order valence-electron chi connectivity index (χ1n) is 9.05. The lowest BCUT2D eigenvalue weighted by Gasteiger charge is -2.29. The SMILES string of the molecule is C=C/C=C/C.COC(Oc1ccc(CCC(C)(C)C)cc1)C(C)(C)C. The summed E-state index contributed by atoms with van der Waals surface area (Å²) in [5, 5.41) is 0. The number of rotatable bonds is 6. The fourth-order valence-electron chi connectivity index (χ4n) is 2.09. The Morgan fingerprint density at radius 3 is 1.92 bits per heavy atom. The third kappa shape index (κ3) is 11.6. The Labute approximate surface area is 155 Å². The second kappa shape index (κ2) is 11.1. The van der Waals surface area contributed by atoms with E-state index in [-0.39, 0.29) is 11.7 Å². The van der Waals surface area contributed by atoms with Gasteiger partial charge in [0.1, 0.15) is 5.75 Å². The van der Waals surface area contributed by atoms with Gasteiger partial charge in [-0.3, -0.25) is 0 Å². The number of allylic oxidation sites excluding steroid dienone is 3. The van der Waals surface area contributed by atoms with Crippen molar-refractivity contribution >= 4 is 0 Å². The molecule has 1 unspecified atom stereocenters. The molecule has 0 aliphatic carbocycles. The van der Waals surface area contributed by atoms with Crippen LogP contribution in [0.5, 0.6) is 5.75 Å². The predicted molar refractivity (Wildman–Crippen MR) is 110 cm³/mol. The van der Waals surface area contributed by atoms with Crippen LogP contribution in [0.1, 0.15) is 60.5 Å². The van der Waals surface area contributed by atoms with Gasteiger partial charge in [-0.05, 0) is 42.9 Å². The van der Waals surface area contributed by atoms with Gasteiger partial charge in [-0.25, -0.2) is 0 Å². The van der Waals surface area contributed by atoms with E-state index in [1.807, 2.05) is 31.2 Å². The fraction of sp³-hybridized carbons (Fsp3) is 0.565. The van der Waals surface area contributed by atoms with Gasteiger partial charge in [0, 0.05) is 12.5 Å². The maximum atomic E-state index is 5.91. The molecule has 0 radical (unpaired) electrons. The molecular weight excluding hydrogens is 308 g/mol. The summed E-state index contributed by atoms with van der Waals surface area (Å²) in [6, 6.07) is 8.37. The summed E-state index contributed by atoms with van der Waals surface area (Å²) in [6.07, 6.45) is 7.64. The van der Waals surface area contributed by atoms with Crippen molar-refractivity contribution in [1.82, 2.24) is 0 Å². The Balaban J connectivity index is 0.00000101. The molecule has 0 amide bonds. The van der Waals surface area contributed by atoms with Crippen LogP contribution in [0.3, 0.4) is 0 Å². The van der Waals surface area contributed by atoms with Crippen LogP contribution in [-0.4, -0.2) is 13.4 Å². The lowest BCUT2D eigenvalue weighted by atomic mass is 9.89. The highest BCUT2D eigenvalue weighted by molar-refractivity contribution is 5.27. The molecule has 1 rings (SSSR count). The van der Waals surface area contributed by atoms with Crippen LogP contribution >= 0.6 is 0 Å². The van der Waals surface area contributed by atoms with Gasteiger partial charge in [-0.15, -0.1) is 0 Å². The average molecular weight is 347 g/mol. The van der Waals surface area contributed by atoms with Crippen LogP contribution in [0, 0.1) is 10.8 Å². The van der Waals surface area contributed by atoms with Crippen LogP contribution in [0.25, 0.3) is 0 Å². The smallest absolute Gasteiger partial charge is 0.204 e. The van der Waals surface area contributed by atoms with Crippen molar-refractivity contribution < 1.29 is 9.47 Å². The maximum absolute atomic E-state index is 5.91. The zero-order valence-corrected chi connectivity index (χ0v) is 17.6. The normalized spacial score (nSPS) is 13.1. The molecule has 0 bridgehead atoms. The fourth-order valence-corrected chi connectivity index (χ4v) is 2.09. The molecule has 0 saturated heterocycles. The van der Waals surface area contributed by atoms with Gasteiger partial charge in [-0.1, -0.05) is 78.5 Å². The van der Waals surface area contributed by atoms with Crippen LogP contribution < -0.4 is 4.74 Å². The van der Waals surface area contributed by atoms with E-state index in [1.54, 1.807) is 13.2 Å². The van der Waals surface area contributed by atoms with Crippen molar-refractivity contribution in [3.05, 3.63) is 54.6 Å². The minimum Gasteiger partial charge on any atom is -0.464 e. The summed E-state index contributed by atoms with van der Waals surface area (Å²) in [7, 11) is 1.69. The molecule has 0 N–H and O–H groups in total. The molecule has 0 saturated carbocycles. The van der Waals surface area contributed by atoms with Crippen LogP contribution in [0.15, 0.2) is 49.1 Å². The molecule has 2 heteroatoms. The number of methoxy groups -OCH3 is 1. The molecule has 1 atom stereocenters. The second-order valence-corrected chi connectivity index (χ2v) is 8.52. The number of benzene rings is 1. The molecule has 0 aliphatic rings. The maximum Gasteiger partial charge on any atom is 0.204 e. The molecule has 0 heterocycles. The van der Waals surface area contributed by atoms with Crippen molar-refractivity contribution in [2.45, 2.75) is 67.6 Å². The molecule has 25 heavy (non-hydrogen) atoms. The van der Waals surface area contributed by atoms with E-state index >= 15 is 0 Å². The average Bonchev–Trinajstić information content (AvgIpc) is 2.51. The van der Waals surface area contributed by atoms with Crippen molar-refractivity contribution in [2.24, 2.45) is 10.8 Å². The lowest BCUT2D eigenvalue weighted by molar-refractivity contribution is -0.120. The van der Waals surface area contributed by atoms with E-state index in [4.69, 9.17) is 9.47 Å². The van der Waals surface area contributed by atoms with E-state index in [1.165, 1.54) is 12.0 Å². The standard InChI is InChI=1S/C18H30O2.C5H8/c1-17(2,3)13-12-14-8-10-15(11-9-14)20-16(19-7)18(4,5)6;1-3-5-4-2/h8-11,16H,12-13H2,1-7H3;3-5H,1H2,2H3/b;5-4+. The van der Waals surface area contributed by atoms with Gasteiger partial charge in [-0.2, -0.15) is 0 Å². The molecule has 1 aromatic carbocycles. The highest BCUT2D eigenvalue weighted by Crippen LogP contribution is 2.26. The van der Waals surface area contributed by atoms with Gasteiger partial charge in [0.2, 0.25) is 6.29 Å². The highest BCUT2D eigenvalue weighted by atomic mass is 16.7. The molecule has 0 fully saturated rings. The highest BCUT2D eigenvalue weighted by Gasteiger charge is 2.26. The van der Waals surface area contributed by atoms with E-state index in [0.29, 0.717) is 5.41 Å². The molecule has 0 spiro atoms. The third-order valence-electron chi connectivity index (χ3n) is 3.58. The second-order valence-electron chi connectivity index (χ2n) is 8.52. The molecule has 2 nitrogen and oxygen atoms in total. The van der Waals surface area contributed by atoms with Crippen LogP contribution in [0.4, 0.5) is 0 Å². The molecule has 1 aromatic rings. The van der Waals surface area contributed by atoms with Gasteiger partial charge >= 0.3 is 0 Å². The summed E-state index contributed by atoms with van der Waals surface area (Å²) >= 11 is 0. The first kappa shape index (κ1) is 23.5. The van der Waals surface area contributed by atoms with Crippen LogP contribution in [-0.2, 0) is 11.2 Å². The van der Waals surface area contributed by atoms with E-state index in [9.17, 15) is 0 Å². The first-order chi connectivity index (χ1) is 11.5. The molecule has 0 aromatic heterocycles. The third-order valence-corrected chi connectivity index (χ3v) is 3.58. The van der Waals surface area contributed by atoms with Gasteiger partial charge in [0.25, 0.3) is 0 Å². The summed E-state index contributed by atoms with van der Waals surface area (Å²) in [4.78, 5) is 0. The van der Waals surface area contributed by atoms with Crippen molar-refractivity contribution in [3.8, 4) is 5.75 Å². The van der Waals surface area contributed by atoms with E-state index < -0.39 is 0 Å². The summed E-state index contributed by atoms with van der Waals surface area (Å²) in [6.45, 7) is 18.6. The van der Waals surface area contributed by atoms with E-state index in [2.05, 4.69) is 60.3 Å². The quantitative estimate of drug-likeness (QED) is 0.416. The monoisotopic (exact) mass is 346 g/mol. The Hall–Kier alpha value is -1.54.